The number of unbranched alkanes of at least 4 members (excludes halogenated alkanes) is 2. The zero-order valence-corrected chi connectivity index (χ0v) is 12.2. The molecule has 2 heteroatoms. The third kappa shape index (κ3) is 2.42. The molecule has 0 aromatic heterocycles. The van der Waals surface area contributed by atoms with Crippen molar-refractivity contribution in [2.45, 2.75) is 32.6 Å². The number of fused-ring (bicyclic) bond motifs is 2. The van der Waals surface area contributed by atoms with E-state index in [4.69, 9.17) is 0 Å². The summed E-state index contributed by atoms with van der Waals surface area (Å²) in [5.74, 6) is -0.0714. The fraction of sp³-hybridized carbons (Fsp3) is 0.263. The molecule has 0 bridgehead atoms. The van der Waals surface area contributed by atoms with E-state index in [2.05, 4.69) is 6.92 Å². The molecule has 0 atom stereocenters. The first kappa shape index (κ1) is 13.7. The van der Waals surface area contributed by atoms with Gasteiger partial charge in [-0.25, -0.2) is 0 Å². The van der Waals surface area contributed by atoms with Crippen LogP contribution in [-0.2, 0) is 6.42 Å². The number of carbonyl (C=O) groups is 2. The van der Waals surface area contributed by atoms with Crippen LogP contribution in [0.25, 0.3) is 0 Å². The van der Waals surface area contributed by atoms with Gasteiger partial charge in [0.05, 0.1) is 0 Å². The van der Waals surface area contributed by atoms with Gasteiger partial charge >= 0.3 is 1.43 Å². The Hall–Kier alpha value is -2.22. The molecule has 0 saturated carbocycles. The Labute approximate surface area is 126 Å². The molecule has 1 aliphatic carbocycles. The maximum atomic E-state index is 12.6. The van der Waals surface area contributed by atoms with Crippen LogP contribution in [0, 0.1) is 0 Å². The van der Waals surface area contributed by atoms with Gasteiger partial charge in [0.15, 0.2) is 11.6 Å². The number of rotatable bonds is 4. The van der Waals surface area contributed by atoms with Crippen LogP contribution in [0.15, 0.2) is 42.5 Å². The van der Waals surface area contributed by atoms with Crippen LogP contribution < -0.4 is 0 Å². The maximum Gasteiger partial charge on any atom is 1.00 e. The Morgan fingerprint density at radius 2 is 1.43 bits per heavy atom. The minimum Gasteiger partial charge on any atom is -0.289 e. The molecule has 2 aromatic rings. The Morgan fingerprint density at radius 3 is 2.10 bits per heavy atom. The summed E-state index contributed by atoms with van der Waals surface area (Å²) in [6.07, 6.45) is 4.45. The van der Waals surface area contributed by atoms with Gasteiger partial charge in [-0.15, -0.1) is 0 Å². The van der Waals surface area contributed by atoms with E-state index in [1.54, 1.807) is 24.3 Å². The predicted molar refractivity (Wildman–Crippen MR) is 84.1 cm³/mol. The van der Waals surface area contributed by atoms with E-state index in [1.807, 2.05) is 18.2 Å². The first-order valence-corrected chi connectivity index (χ1v) is 7.53. The van der Waals surface area contributed by atoms with E-state index in [0.29, 0.717) is 22.3 Å². The third-order valence-corrected chi connectivity index (χ3v) is 4.06. The number of carbonyl (C=O) groups excluding carboxylic acids is 2. The summed E-state index contributed by atoms with van der Waals surface area (Å²) in [6, 6.07) is 12.8. The van der Waals surface area contributed by atoms with Crippen molar-refractivity contribution in [2.75, 3.05) is 0 Å². The van der Waals surface area contributed by atoms with Gasteiger partial charge in [0, 0.05) is 22.3 Å². The second-order valence-corrected chi connectivity index (χ2v) is 5.54. The number of hydrogen-bond donors (Lipinski definition) is 0. The molecule has 0 heterocycles. The van der Waals surface area contributed by atoms with Gasteiger partial charge in [-0.2, -0.15) is 0 Å². The summed E-state index contributed by atoms with van der Waals surface area (Å²) in [4.78, 5) is 25.1. The second kappa shape index (κ2) is 5.65. The van der Waals surface area contributed by atoms with E-state index in [1.165, 1.54) is 12.8 Å². The maximum absolute atomic E-state index is 12.6. The summed E-state index contributed by atoms with van der Waals surface area (Å²) in [7, 11) is 0. The molecule has 2 nitrogen and oxygen atoms in total. The summed E-state index contributed by atoms with van der Waals surface area (Å²) in [6.45, 7) is 2.17. The van der Waals surface area contributed by atoms with Crippen molar-refractivity contribution in [1.82, 2.24) is 0 Å². The number of hydrogen-bond acceptors (Lipinski definition) is 2. The second-order valence-electron chi connectivity index (χ2n) is 5.54. The van der Waals surface area contributed by atoms with Crippen molar-refractivity contribution in [3.05, 3.63) is 70.3 Å². The highest BCUT2D eigenvalue weighted by Gasteiger charge is 2.29. The van der Waals surface area contributed by atoms with Crippen LogP contribution >= 0.6 is 0 Å². The van der Waals surface area contributed by atoms with Crippen LogP contribution in [-0.4, -0.2) is 11.6 Å². The Balaban J connectivity index is 0.00000176. The van der Waals surface area contributed by atoms with E-state index in [-0.39, 0.29) is 13.0 Å². The molecule has 106 valence electrons. The zero-order chi connectivity index (χ0) is 14.8. The number of aryl methyl sites for hydroxylation is 1. The predicted octanol–water partition coefficient (Wildman–Crippen LogP) is 4.31. The quantitative estimate of drug-likeness (QED) is 0.667. The topological polar surface area (TPSA) is 34.1 Å². The molecule has 1 aliphatic rings. The fourth-order valence-electron chi connectivity index (χ4n) is 2.88. The van der Waals surface area contributed by atoms with Gasteiger partial charge < -0.3 is 0 Å². The molecule has 0 amide bonds. The average Bonchev–Trinajstić information content (AvgIpc) is 2.53. The highest BCUT2D eigenvalue weighted by atomic mass is 16.1. The summed E-state index contributed by atoms with van der Waals surface area (Å²) in [5.41, 5.74) is 3.29. The van der Waals surface area contributed by atoms with E-state index < -0.39 is 0 Å². The largest absolute Gasteiger partial charge is 1.00 e. The minimum atomic E-state index is -0.0414. The van der Waals surface area contributed by atoms with Crippen molar-refractivity contribution < 1.29 is 11.0 Å². The Kier molecular flexibility index (Phi) is 3.70. The summed E-state index contributed by atoms with van der Waals surface area (Å²) >= 11 is 0. The molecular weight excluding hydrogens is 260 g/mol. The molecule has 0 saturated heterocycles. The van der Waals surface area contributed by atoms with Gasteiger partial charge in [0.1, 0.15) is 0 Å². The van der Waals surface area contributed by atoms with Gasteiger partial charge in [0.25, 0.3) is 0 Å². The lowest BCUT2D eigenvalue weighted by Crippen LogP contribution is -2.20. The van der Waals surface area contributed by atoms with E-state index >= 15 is 0 Å². The molecule has 21 heavy (non-hydrogen) atoms. The van der Waals surface area contributed by atoms with Crippen LogP contribution in [0.3, 0.4) is 0 Å². The van der Waals surface area contributed by atoms with Gasteiger partial charge in [-0.1, -0.05) is 56.2 Å². The van der Waals surface area contributed by atoms with Crippen LogP contribution in [0.5, 0.6) is 0 Å². The third-order valence-electron chi connectivity index (χ3n) is 4.06. The minimum absolute atomic E-state index is 0. The molecule has 0 aliphatic heterocycles. The standard InChI is InChI=1S/C19H18O2/c1-2-3-4-7-13-10-11-16-17(12-13)19(21)15-9-6-5-8-14(15)18(16)20/h5-6,8-12H,2-4,7H2,1H3/p+1. The van der Waals surface area contributed by atoms with Gasteiger partial charge in [-0.05, 0) is 24.5 Å². The molecule has 2 aromatic carbocycles. The number of ketones is 2. The summed E-state index contributed by atoms with van der Waals surface area (Å²) < 4.78 is 0. The van der Waals surface area contributed by atoms with Crippen molar-refractivity contribution in [1.29, 1.82) is 0 Å². The highest BCUT2D eigenvalue weighted by molar-refractivity contribution is 6.28. The monoisotopic (exact) mass is 279 g/mol. The first-order chi connectivity index (χ1) is 10.2. The lowest BCUT2D eigenvalue weighted by Gasteiger charge is -2.18. The fourth-order valence-corrected chi connectivity index (χ4v) is 2.88. The van der Waals surface area contributed by atoms with E-state index in [0.717, 1.165) is 18.4 Å². The molecule has 0 fully saturated rings. The van der Waals surface area contributed by atoms with Crippen molar-refractivity contribution >= 4 is 11.6 Å². The van der Waals surface area contributed by atoms with Crippen molar-refractivity contribution in [3.63, 3.8) is 0 Å². The molecular formula is C19H19O2+. The lowest BCUT2D eigenvalue weighted by molar-refractivity contribution is 0.0979. The van der Waals surface area contributed by atoms with Crippen LogP contribution in [0.1, 0.15) is 65.0 Å². The SMILES string of the molecule is CCCCCc1ccc2c(c1)C(=O)c1ccccc1C2=O.[H+]. The molecule has 0 radical (unpaired) electrons. The van der Waals surface area contributed by atoms with Crippen molar-refractivity contribution in [3.8, 4) is 0 Å². The van der Waals surface area contributed by atoms with E-state index in [9.17, 15) is 9.59 Å². The molecule has 0 N–H and O–H groups in total. The Morgan fingerprint density at radius 1 is 0.810 bits per heavy atom. The smallest absolute Gasteiger partial charge is 0.289 e. The van der Waals surface area contributed by atoms with Crippen molar-refractivity contribution in [2.24, 2.45) is 0 Å². The van der Waals surface area contributed by atoms with Crippen LogP contribution in [0.4, 0.5) is 0 Å². The van der Waals surface area contributed by atoms with Gasteiger partial charge in [-0.3, -0.25) is 9.59 Å². The van der Waals surface area contributed by atoms with Crippen LogP contribution in [0.2, 0.25) is 0 Å². The number of benzene rings is 2. The molecule has 3 rings (SSSR count). The lowest BCUT2D eigenvalue weighted by atomic mass is 9.83. The molecule has 0 unspecified atom stereocenters. The summed E-state index contributed by atoms with van der Waals surface area (Å²) in [5, 5.41) is 0. The highest BCUT2D eigenvalue weighted by Crippen LogP contribution is 2.28. The zero-order valence-electron chi connectivity index (χ0n) is 13.2. The Bertz CT molecular complexity index is 719. The average molecular weight is 279 g/mol. The molecule has 0 spiro atoms. The normalized spacial score (nSPS) is 13.0. The first-order valence-electron chi connectivity index (χ1n) is 7.53. The van der Waals surface area contributed by atoms with Gasteiger partial charge in [0.2, 0.25) is 0 Å².